The first-order chi connectivity index (χ1) is 9.60. The standard InChI is InChI=1S/C16H27N3O/c1-4-5-13-6-7-15(20)14(8-13)9-16-17-11-18-19(16)10-12(2)3/h11-14H,4-10H2,1-3H3. The topological polar surface area (TPSA) is 47.8 Å². The molecule has 0 aromatic carbocycles. The van der Waals surface area contributed by atoms with Crippen molar-refractivity contribution in [2.24, 2.45) is 17.8 Å². The van der Waals surface area contributed by atoms with Crippen LogP contribution in [0, 0.1) is 17.8 Å². The molecule has 1 aromatic rings. The lowest BCUT2D eigenvalue weighted by molar-refractivity contribution is -0.125. The third-order valence-corrected chi connectivity index (χ3v) is 4.23. The van der Waals surface area contributed by atoms with Crippen molar-refractivity contribution in [3.63, 3.8) is 0 Å². The zero-order valence-corrected chi connectivity index (χ0v) is 13.0. The van der Waals surface area contributed by atoms with Crippen LogP contribution in [0.5, 0.6) is 0 Å². The molecule has 0 radical (unpaired) electrons. The summed E-state index contributed by atoms with van der Waals surface area (Å²) in [6, 6.07) is 0. The first-order valence-corrected chi connectivity index (χ1v) is 7.99. The normalized spacial score (nSPS) is 23.5. The van der Waals surface area contributed by atoms with Crippen LogP contribution in [0.25, 0.3) is 0 Å². The molecule has 112 valence electrons. The maximum Gasteiger partial charge on any atom is 0.138 e. The van der Waals surface area contributed by atoms with Crippen LogP contribution in [0.2, 0.25) is 0 Å². The third kappa shape index (κ3) is 3.90. The molecule has 2 rings (SSSR count). The lowest BCUT2D eigenvalue weighted by Crippen LogP contribution is -2.28. The zero-order valence-electron chi connectivity index (χ0n) is 13.0. The molecule has 4 heteroatoms. The van der Waals surface area contributed by atoms with Gasteiger partial charge in [-0.3, -0.25) is 4.79 Å². The highest BCUT2D eigenvalue weighted by atomic mass is 16.1. The lowest BCUT2D eigenvalue weighted by Gasteiger charge is -2.27. The Labute approximate surface area is 122 Å². The number of ketones is 1. The Morgan fingerprint density at radius 2 is 2.25 bits per heavy atom. The number of Topliss-reactive ketones (excluding diaryl/α,β-unsaturated/α-hetero) is 1. The van der Waals surface area contributed by atoms with Gasteiger partial charge in [0.15, 0.2) is 0 Å². The maximum absolute atomic E-state index is 12.1. The van der Waals surface area contributed by atoms with Gasteiger partial charge in [-0.15, -0.1) is 0 Å². The van der Waals surface area contributed by atoms with Gasteiger partial charge in [0.05, 0.1) is 0 Å². The number of aromatic nitrogens is 3. The van der Waals surface area contributed by atoms with Gasteiger partial charge in [0, 0.05) is 25.3 Å². The highest BCUT2D eigenvalue weighted by Gasteiger charge is 2.29. The average molecular weight is 277 g/mol. The van der Waals surface area contributed by atoms with Crippen LogP contribution in [-0.2, 0) is 17.8 Å². The van der Waals surface area contributed by atoms with Crippen LogP contribution >= 0.6 is 0 Å². The number of nitrogens with zero attached hydrogens (tertiary/aromatic N) is 3. The minimum absolute atomic E-state index is 0.162. The molecule has 1 aliphatic rings. The van der Waals surface area contributed by atoms with E-state index in [1.807, 2.05) is 4.68 Å². The molecule has 0 bridgehead atoms. The smallest absolute Gasteiger partial charge is 0.138 e. The van der Waals surface area contributed by atoms with Crippen molar-refractivity contribution in [2.45, 2.75) is 65.8 Å². The van der Waals surface area contributed by atoms with E-state index >= 15 is 0 Å². The largest absolute Gasteiger partial charge is 0.299 e. The van der Waals surface area contributed by atoms with Crippen LogP contribution < -0.4 is 0 Å². The second-order valence-electron chi connectivity index (χ2n) is 6.55. The highest BCUT2D eigenvalue weighted by Crippen LogP contribution is 2.31. The summed E-state index contributed by atoms with van der Waals surface area (Å²) in [4.78, 5) is 16.5. The molecule has 1 aromatic heterocycles. The fraction of sp³-hybridized carbons (Fsp3) is 0.812. The van der Waals surface area contributed by atoms with Gasteiger partial charge in [-0.1, -0.05) is 33.6 Å². The molecule has 2 unspecified atom stereocenters. The van der Waals surface area contributed by atoms with E-state index in [-0.39, 0.29) is 5.92 Å². The second-order valence-corrected chi connectivity index (χ2v) is 6.55. The minimum Gasteiger partial charge on any atom is -0.299 e. The first kappa shape index (κ1) is 15.2. The molecular weight excluding hydrogens is 250 g/mol. The van der Waals surface area contributed by atoms with Gasteiger partial charge in [-0.05, 0) is 24.7 Å². The molecule has 0 N–H and O–H groups in total. The molecule has 2 atom stereocenters. The van der Waals surface area contributed by atoms with Crippen molar-refractivity contribution in [1.82, 2.24) is 14.8 Å². The number of hydrogen-bond donors (Lipinski definition) is 0. The van der Waals surface area contributed by atoms with E-state index in [0.717, 1.165) is 44.0 Å². The SMILES string of the molecule is CCCC1CCC(=O)C(Cc2ncnn2CC(C)C)C1. The Kier molecular flexibility index (Phi) is 5.32. The fourth-order valence-electron chi connectivity index (χ4n) is 3.23. The van der Waals surface area contributed by atoms with Gasteiger partial charge in [-0.2, -0.15) is 5.10 Å². The van der Waals surface area contributed by atoms with E-state index in [9.17, 15) is 4.79 Å². The highest BCUT2D eigenvalue weighted by molar-refractivity contribution is 5.81. The number of carbonyl (C=O) groups is 1. The Morgan fingerprint density at radius 1 is 1.45 bits per heavy atom. The molecule has 20 heavy (non-hydrogen) atoms. The average Bonchev–Trinajstić information content (AvgIpc) is 2.80. The Bertz CT molecular complexity index is 439. The molecular formula is C16H27N3O. The zero-order chi connectivity index (χ0) is 14.5. The molecule has 0 aliphatic heterocycles. The van der Waals surface area contributed by atoms with E-state index < -0.39 is 0 Å². The summed E-state index contributed by atoms with van der Waals surface area (Å²) in [6.45, 7) is 7.46. The number of hydrogen-bond acceptors (Lipinski definition) is 3. The quantitative estimate of drug-likeness (QED) is 0.802. The fourth-order valence-corrected chi connectivity index (χ4v) is 3.23. The summed E-state index contributed by atoms with van der Waals surface area (Å²) in [5.41, 5.74) is 0. The van der Waals surface area contributed by atoms with E-state index in [1.165, 1.54) is 12.8 Å². The summed E-state index contributed by atoms with van der Waals surface area (Å²) >= 11 is 0. The van der Waals surface area contributed by atoms with Crippen molar-refractivity contribution in [3.05, 3.63) is 12.2 Å². The first-order valence-electron chi connectivity index (χ1n) is 7.99. The monoisotopic (exact) mass is 277 g/mol. The van der Waals surface area contributed by atoms with Crippen LogP contribution in [-0.4, -0.2) is 20.5 Å². The maximum atomic E-state index is 12.1. The van der Waals surface area contributed by atoms with Gasteiger partial charge >= 0.3 is 0 Å². The van der Waals surface area contributed by atoms with Crippen LogP contribution in [0.3, 0.4) is 0 Å². The number of rotatable bonds is 6. The Balaban J connectivity index is 2.00. The van der Waals surface area contributed by atoms with Crippen LogP contribution in [0.4, 0.5) is 0 Å². The number of carbonyl (C=O) groups excluding carboxylic acids is 1. The van der Waals surface area contributed by atoms with Gasteiger partial charge in [0.2, 0.25) is 0 Å². The third-order valence-electron chi connectivity index (χ3n) is 4.23. The minimum atomic E-state index is 0.162. The van der Waals surface area contributed by atoms with Gasteiger partial charge in [0.25, 0.3) is 0 Å². The lowest BCUT2D eigenvalue weighted by atomic mass is 9.77. The summed E-state index contributed by atoms with van der Waals surface area (Å²) in [7, 11) is 0. The van der Waals surface area contributed by atoms with Gasteiger partial charge in [0.1, 0.15) is 17.9 Å². The van der Waals surface area contributed by atoms with Crippen molar-refractivity contribution < 1.29 is 4.79 Å². The molecule has 1 heterocycles. The van der Waals surface area contributed by atoms with Gasteiger partial charge < -0.3 is 0 Å². The predicted molar refractivity (Wildman–Crippen MR) is 79.3 cm³/mol. The summed E-state index contributed by atoms with van der Waals surface area (Å²) in [5, 5.41) is 4.30. The van der Waals surface area contributed by atoms with Crippen molar-refractivity contribution >= 4 is 5.78 Å². The summed E-state index contributed by atoms with van der Waals surface area (Å²) < 4.78 is 1.97. The molecule has 1 saturated carbocycles. The molecule has 0 saturated heterocycles. The molecule has 4 nitrogen and oxygen atoms in total. The van der Waals surface area contributed by atoms with Crippen molar-refractivity contribution in [1.29, 1.82) is 0 Å². The Hall–Kier alpha value is -1.19. The van der Waals surface area contributed by atoms with E-state index in [0.29, 0.717) is 11.7 Å². The predicted octanol–water partition coefficient (Wildman–Crippen LogP) is 3.26. The van der Waals surface area contributed by atoms with Crippen LogP contribution in [0.1, 0.15) is 58.7 Å². The van der Waals surface area contributed by atoms with E-state index in [2.05, 4.69) is 30.9 Å². The van der Waals surface area contributed by atoms with Gasteiger partial charge in [-0.25, -0.2) is 9.67 Å². The molecule has 1 fully saturated rings. The van der Waals surface area contributed by atoms with E-state index in [4.69, 9.17) is 0 Å². The van der Waals surface area contributed by atoms with Crippen LogP contribution in [0.15, 0.2) is 6.33 Å². The molecule has 0 spiro atoms. The second kappa shape index (κ2) is 7.00. The summed E-state index contributed by atoms with van der Waals surface area (Å²) in [5.74, 6) is 2.84. The van der Waals surface area contributed by atoms with E-state index in [1.54, 1.807) is 6.33 Å². The molecule has 0 amide bonds. The Morgan fingerprint density at radius 3 is 2.95 bits per heavy atom. The molecule has 1 aliphatic carbocycles. The van der Waals surface area contributed by atoms with Crippen molar-refractivity contribution in [2.75, 3.05) is 0 Å². The van der Waals surface area contributed by atoms with Crippen molar-refractivity contribution in [3.8, 4) is 0 Å². The summed E-state index contributed by atoms with van der Waals surface area (Å²) in [6.07, 6.45) is 7.74.